The number of aliphatic hydroxyl groups is 2. The van der Waals surface area contributed by atoms with Crippen molar-refractivity contribution >= 4 is 115 Å². The van der Waals surface area contributed by atoms with E-state index < -0.39 is 88.8 Å². The van der Waals surface area contributed by atoms with Crippen molar-refractivity contribution in [1.82, 2.24) is 77.9 Å². The predicted molar refractivity (Wildman–Crippen MR) is 528 cm³/mol. The van der Waals surface area contributed by atoms with Gasteiger partial charge in [0.05, 0.1) is 97.7 Å². The zero-order chi connectivity index (χ0) is 101. The lowest BCUT2D eigenvalue weighted by Gasteiger charge is -2.32. The van der Waals surface area contributed by atoms with Crippen LogP contribution in [0.25, 0.3) is 22.1 Å². The second-order valence-corrected chi connectivity index (χ2v) is 37.8. The average Bonchev–Trinajstić information content (AvgIpc) is 1.68. The maximum atomic E-state index is 15.5. The Kier molecular flexibility index (Phi) is 32.9. The number of nitrogen functional groups attached to an aromatic ring is 4. The zero-order valence-electron chi connectivity index (χ0n) is 80.8. The van der Waals surface area contributed by atoms with E-state index in [0.717, 1.165) is 12.0 Å². The van der Waals surface area contributed by atoms with E-state index in [0.29, 0.717) is 172 Å². The first-order chi connectivity index (χ1) is 65.9. The fourth-order valence-corrected chi connectivity index (χ4v) is 18.9. The summed E-state index contributed by atoms with van der Waals surface area (Å²) in [6.45, 7) is 32.8. The minimum atomic E-state index is -0.865. The van der Waals surface area contributed by atoms with E-state index in [-0.39, 0.29) is 108 Å². The lowest BCUT2D eigenvalue weighted by Crippen LogP contribution is -2.42. The normalized spacial score (nSPS) is 16.3. The van der Waals surface area contributed by atoms with Crippen LogP contribution in [0.1, 0.15) is 280 Å². The quantitative estimate of drug-likeness (QED) is 0.0260. The van der Waals surface area contributed by atoms with Crippen LogP contribution < -0.4 is 52.5 Å². The molecule has 31 nitrogen and oxygen atoms in total. The number of anilines is 4. The molecule has 0 bridgehead atoms. The number of hydrogen-bond donors (Lipinski definition) is 8. The van der Waals surface area contributed by atoms with Crippen LogP contribution in [-0.4, -0.2) is 183 Å². The number of likely N-dealkylation sites (tertiary alicyclic amines) is 2. The summed E-state index contributed by atoms with van der Waals surface area (Å²) in [7, 11) is 1.66. The molecule has 10 heterocycles. The fraction of sp³-hybridized carbons (Fsp3) is 0.420. The summed E-state index contributed by atoms with van der Waals surface area (Å²) < 4.78 is 98.7. The Morgan fingerprint density at radius 1 is 0.432 bits per heavy atom. The number of aliphatic hydroxyl groups excluding tert-OH is 2. The first-order valence-electron chi connectivity index (χ1n) is 46.2. The number of imidazole rings is 4. The number of benzene rings is 5. The Balaban J connectivity index is 0.000000156. The minimum Gasteiger partial charge on any atom is -0.490 e. The highest BCUT2D eigenvalue weighted by Gasteiger charge is 2.40. The topological polar surface area (TPSA) is 410 Å². The molecule has 0 radical (unpaired) electrons. The number of piperidine rings is 2. The second-order valence-electron chi connectivity index (χ2n) is 36.2. The van der Waals surface area contributed by atoms with Gasteiger partial charge in [-0.1, -0.05) is 104 Å². The number of nitrogens with one attached hydrogen (secondary N) is 2. The second kappa shape index (κ2) is 44.0. The van der Waals surface area contributed by atoms with Crippen LogP contribution in [0.2, 0.25) is 20.1 Å². The third kappa shape index (κ3) is 22.0. The number of hydrogen-bond acceptors (Lipinski definition) is 23. The molecule has 740 valence electrons. The minimum absolute atomic E-state index is 0.0871. The maximum Gasteiger partial charge on any atom is 0.260 e. The van der Waals surface area contributed by atoms with Gasteiger partial charge in [-0.2, -0.15) is 0 Å². The summed E-state index contributed by atoms with van der Waals surface area (Å²) in [5.41, 5.74) is 32.0. The molecule has 16 rings (SSSR count). The van der Waals surface area contributed by atoms with Gasteiger partial charge in [0.1, 0.15) is 114 Å². The Morgan fingerprint density at radius 2 is 0.755 bits per heavy atom. The van der Waals surface area contributed by atoms with Gasteiger partial charge in [-0.25, -0.2) is 57.4 Å². The van der Waals surface area contributed by atoms with Gasteiger partial charge in [-0.05, 0) is 165 Å². The van der Waals surface area contributed by atoms with Crippen LogP contribution in [0.5, 0.6) is 23.0 Å². The van der Waals surface area contributed by atoms with Gasteiger partial charge >= 0.3 is 0 Å². The molecule has 8 aromatic heterocycles. The number of β-amino-alcohol motifs (C(OH)–C–C–N with tert-alkyl or cyclic N) is 1. The van der Waals surface area contributed by atoms with Gasteiger partial charge in [0.15, 0.2) is 23.3 Å². The number of rotatable bonds is 24. The number of amides is 4. The van der Waals surface area contributed by atoms with Crippen LogP contribution in [0, 0.1) is 51.0 Å². The molecule has 0 spiro atoms. The first kappa shape index (κ1) is 104. The monoisotopic (exact) mass is 1990 g/mol. The third-order valence-corrected chi connectivity index (χ3v) is 25.9. The molecule has 1 saturated carbocycles. The number of nitrogens with two attached hydrogens (primary N) is 4. The molecule has 2 saturated heterocycles. The van der Waals surface area contributed by atoms with Crippen LogP contribution in [0.15, 0.2) is 104 Å². The number of ether oxygens (including phenoxy) is 5. The summed E-state index contributed by atoms with van der Waals surface area (Å²) >= 11 is 25.3. The van der Waals surface area contributed by atoms with Crippen molar-refractivity contribution in [2.75, 3.05) is 56.2 Å². The van der Waals surface area contributed by atoms with E-state index in [2.05, 4.69) is 35.6 Å². The molecule has 8 unspecified atom stereocenters. The Labute approximate surface area is 823 Å². The number of carbonyl (C=O) groups is 4. The summed E-state index contributed by atoms with van der Waals surface area (Å²) in [6.07, 6.45) is 15.5. The molecule has 13 aromatic rings. The van der Waals surface area contributed by atoms with E-state index in [1.54, 1.807) is 89.3 Å². The predicted octanol–water partition coefficient (Wildman–Crippen LogP) is 18.4. The molecule has 3 fully saturated rings. The van der Waals surface area contributed by atoms with Gasteiger partial charge in [0.2, 0.25) is 0 Å². The summed E-state index contributed by atoms with van der Waals surface area (Å²) in [4.78, 5) is 92.3. The molecule has 5 aromatic carbocycles. The number of halogens is 8. The number of nitrogens with zero attached hydrogens (tertiary/aromatic N) is 14. The summed E-state index contributed by atoms with van der Waals surface area (Å²) in [5, 5.41) is 25.1. The SMILES string of the molecule is COC1CCN(C(=O)c2c(F)c(Cl)cc(C(C)c3nc(C)c4c(N)nccn34)c2OC(C)C)CC1.Cc1nc(C(C)c2cc(Cl)c(F)c(C(=O)N3CCCC(O)C3)c2OC(C)C)n2ccnc(N)c12.Cc1nc(C(C)c2cc(Cl)c(F)c(C(=O)NC(C)c3ccccc3)c2OC(C)C)n2ccnc(N)c12.Cc1nc(C(C)c2cc(Cl)c(F)c(C(=O)NC3CCCC3O)c2OC(C)C)n2ccnc(N)c12. The summed E-state index contributed by atoms with van der Waals surface area (Å²) in [6, 6.07) is 14.6. The smallest absolute Gasteiger partial charge is 0.260 e. The Bertz CT molecular complexity index is 6750. The van der Waals surface area contributed by atoms with Crippen LogP contribution in [-0.2, 0) is 4.74 Å². The number of methoxy groups -OCH3 is 1. The number of fused-ring (bicyclic) bond motifs is 4. The zero-order valence-corrected chi connectivity index (χ0v) is 83.8. The molecule has 8 atom stereocenters. The molecular formula is C100H118Cl4F4N20O11. The van der Waals surface area contributed by atoms with Crippen molar-refractivity contribution in [2.45, 2.75) is 241 Å². The van der Waals surface area contributed by atoms with Crippen LogP contribution in [0.3, 0.4) is 0 Å². The van der Waals surface area contributed by atoms with E-state index in [9.17, 15) is 29.4 Å². The standard InChI is InChI=1S/C27H29ClFN5O2.C25H31ClFN5O3.2C24H29ClFN5O3/c1-14(2)36-24-19(15(3)26-32-17(5)23-25(30)31-11-12-34(23)26)13-20(28)22(29)21(24)27(35)33-16(4)18-9-7-6-8-10-18;1-13(2)35-22-17(14(3)24-30-15(4)21-23(28)29-8-11-32(21)24)12-18(26)20(27)19(22)25(33)31-9-6-16(34-5)7-10-31;1-12(2)34-21-16(13(3)23-29-14(4)20-22(27)28-7-9-31(20)23)10-17(25)19(26)18(21)24(33)30-8-5-6-15(32)11-30;1-11(2)34-21-14(12(3)23-29-13(4)20-22(27)28-8-9-31(20)23)10-15(25)19(26)18(21)24(33)30-16-6-5-7-17(16)32/h6-16H,1-5H3,(H2,30,31)(H,33,35);8,11-14,16H,6-7,9-10H2,1-5H3,(H2,28,29);7,9-10,12-13,15,32H,5-6,8,11H2,1-4H3,(H2,27,28);8-12,16-17,32H,5-7H2,1-4H3,(H2,27,28)(H,30,33). The van der Waals surface area contributed by atoms with E-state index >= 15 is 17.6 Å². The third-order valence-electron chi connectivity index (χ3n) is 24.8. The molecule has 3 aliphatic rings. The van der Waals surface area contributed by atoms with Gasteiger partial charge in [0, 0.05) is 129 Å². The van der Waals surface area contributed by atoms with E-state index in [1.165, 1.54) is 29.2 Å². The van der Waals surface area contributed by atoms with Crippen LogP contribution >= 0.6 is 46.4 Å². The highest BCUT2D eigenvalue weighted by atomic mass is 35.5. The summed E-state index contributed by atoms with van der Waals surface area (Å²) in [5.74, 6) is -2.77. The number of carbonyl (C=O) groups excluding carboxylic acids is 4. The number of aryl methyl sites for hydroxylation is 4. The number of aromatic nitrogens is 12. The van der Waals surface area contributed by atoms with Crippen molar-refractivity contribution in [2.24, 2.45) is 0 Å². The molecule has 139 heavy (non-hydrogen) atoms. The first-order valence-corrected chi connectivity index (χ1v) is 47.7. The molecular weight excluding hydrogens is 1880 g/mol. The van der Waals surface area contributed by atoms with Gasteiger partial charge in [0.25, 0.3) is 23.6 Å². The Morgan fingerprint density at radius 3 is 1.07 bits per heavy atom. The largest absolute Gasteiger partial charge is 0.490 e. The van der Waals surface area contributed by atoms with Crippen molar-refractivity contribution in [3.8, 4) is 23.0 Å². The molecule has 4 amide bonds. The highest BCUT2D eigenvalue weighted by Crippen LogP contribution is 2.47. The molecule has 12 N–H and O–H groups in total. The van der Waals surface area contributed by atoms with Crippen molar-refractivity contribution in [3.63, 3.8) is 0 Å². The Hall–Kier alpha value is -12.4. The lowest BCUT2D eigenvalue weighted by atomic mass is 9.95. The molecule has 1 aliphatic carbocycles. The molecule has 2 aliphatic heterocycles. The van der Waals surface area contributed by atoms with Crippen LogP contribution in [0.4, 0.5) is 40.8 Å². The maximum absolute atomic E-state index is 15.5. The fourth-order valence-electron chi connectivity index (χ4n) is 18.1. The van der Waals surface area contributed by atoms with Gasteiger partial charge < -0.3 is 77.3 Å². The van der Waals surface area contributed by atoms with E-state index in [1.807, 2.05) is 138 Å². The molecule has 39 heteroatoms. The van der Waals surface area contributed by atoms with Crippen molar-refractivity contribution in [1.29, 1.82) is 0 Å². The van der Waals surface area contributed by atoms with Crippen molar-refractivity contribution in [3.05, 3.63) is 244 Å². The average molecular weight is 1990 g/mol. The highest BCUT2D eigenvalue weighted by molar-refractivity contribution is 6.32. The lowest BCUT2D eigenvalue weighted by molar-refractivity contribution is 0.0345. The van der Waals surface area contributed by atoms with Gasteiger partial charge in [-0.3, -0.25) is 36.8 Å². The van der Waals surface area contributed by atoms with E-state index in [4.69, 9.17) is 108 Å². The van der Waals surface area contributed by atoms with Crippen molar-refractivity contribution < 1.29 is 70.6 Å². The van der Waals surface area contributed by atoms with Gasteiger partial charge in [-0.15, -0.1) is 0 Å².